The molecule has 2 atom stereocenters. The van der Waals surface area contributed by atoms with Gasteiger partial charge in [0.25, 0.3) is 0 Å². The number of ether oxygens (including phenoxy) is 1. The van der Waals surface area contributed by atoms with Gasteiger partial charge in [-0.15, -0.1) is 0 Å². The maximum absolute atomic E-state index is 10.4. The quantitative estimate of drug-likeness (QED) is 0.851. The number of likely N-dealkylation sites (tertiary alicyclic amines) is 1. The molecule has 1 aromatic heterocycles. The molecular weight excluding hydrogens is 304 g/mol. The highest BCUT2D eigenvalue weighted by molar-refractivity contribution is 5.35. The van der Waals surface area contributed by atoms with Crippen molar-refractivity contribution in [2.75, 3.05) is 19.7 Å². The van der Waals surface area contributed by atoms with Gasteiger partial charge in [0, 0.05) is 6.54 Å². The van der Waals surface area contributed by atoms with E-state index in [2.05, 4.69) is 26.1 Å². The molecule has 2 heterocycles. The molecule has 6 nitrogen and oxygen atoms in total. The Kier molecular flexibility index (Phi) is 5.48. The molecule has 1 saturated heterocycles. The molecule has 2 unspecified atom stereocenters. The number of hydrogen-bond acceptors (Lipinski definition) is 5. The Bertz CT molecular complexity index is 644. The number of H-pyrrole nitrogens is 1. The third-order valence-electron chi connectivity index (χ3n) is 4.58. The van der Waals surface area contributed by atoms with Gasteiger partial charge in [-0.1, -0.05) is 18.6 Å². The van der Waals surface area contributed by atoms with Crippen LogP contribution in [-0.2, 0) is 0 Å². The fourth-order valence-electron chi connectivity index (χ4n) is 3.27. The molecule has 6 heteroatoms. The van der Waals surface area contributed by atoms with Crippen LogP contribution in [0.4, 0.5) is 0 Å². The Morgan fingerprint density at radius 2 is 2.25 bits per heavy atom. The second-order valence-corrected chi connectivity index (χ2v) is 6.61. The average Bonchev–Trinajstić information content (AvgIpc) is 3.10. The van der Waals surface area contributed by atoms with E-state index in [4.69, 9.17) is 4.74 Å². The van der Waals surface area contributed by atoms with Crippen LogP contribution < -0.4 is 4.74 Å². The first-order valence-electron chi connectivity index (χ1n) is 8.61. The van der Waals surface area contributed by atoms with Crippen LogP contribution in [0, 0.1) is 13.8 Å². The number of aromatic nitrogens is 3. The van der Waals surface area contributed by atoms with Gasteiger partial charge >= 0.3 is 0 Å². The lowest BCUT2D eigenvalue weighted by Gasteiger charge is -2.35. The maximum Gasteiger partial charge on any atom is 0.141 e. The third kappa shape index (κ3) is 4.13. The Morgan fingerprint density at radius 3 is 3.04 bits per heavy atom. The molecular formula is C18H26N4O2. The molecule has 24 heavy (non-hydrogen) atoms. The zero-order chi connectivity index (χ0) is 16.9. The van der Waals surface area contributed by atoms with Gasteiger partial charge in [-0.25, -0.2) is 4.98 Å². The van der Waals surface area contributed by atoms with Crippen LogP contribution in [0.25, 0.3) is 0 Å². The number of β-amino-alcohol motifs (C(OH)–C–C–N with tert-alkyl or cyclic N) is 1. The van der Waals surface area contributed by atoms with Crippen molar-refractivity contribution in [2.24, 2.45) is 0 Å². The molecule has 0 bridgehead atoms. The predicted molar refractivity (Wildman–Crippen MR) is 92.0 cm³/mol. The summed E-state index contributed by atoms with van der Waals surface area (Å²) in [5.74, 6) is 1.73. The largest absolute Gasteiger partial charge is 0.491 e. The van der Waals surface area contributed by atoms with E-state index in [9.17, 15) is 5.11 Å². The van der Waals surface area contributed by atoms with Crippen molar-refractivity contribution in [3.63, 3.8) is 0 Å². The van der Waals surface area contributed by atoms with Gasteiger partial charge in [0.2, 0.25) is 0 Å². The first-order chi connectivity index (χ1) is 11.6. The second kappa shape index (κ2) is 7.77. The van der Waals surface area contributed by atoms with E-state index in [1.807, 2.05) is 26.0 Å². The van der Waals surface area contributed by atoms with Gasteiger partial charge < -0.3 is 9.84 Å². The standard InChI is InChI=1S/C18H26N4O2/c1-13-6-7-14(2)17(9-13)24-11-15(23)10-22-8-4-3-5-16(22)18-19-12-20-21-18/h6-7,9,12,15-16,23H,3-5,8,10-11H2,1-2H3,(H,19,20,21). The maximum atomic E-state index is 10.4. The van der Waals surface area contributed by atoms with Crippen molar-refractivity contribution >= 4 is 0 Å². The lowest BCUT2D eigenvalue weighted by atomic mass is 10.0. The van der Waals surface area contributed by atoms with Gasteiger partial charge in [0.05, 0.1) is 6.04 Å². The van der Waals surface area contributed by atoms with Crippen molar-refractivity contribution in [3.05, 3.63) is 41.5 Å². The number of nitrogens with one attached hydrogen (secondary N) is 1. The molecule has 0 amide bonds. The summed E-state index contributed by atoms with van der Waals surface area (Å²) in [6.07, 6.45) is 4.38. The monoisotopic (exact) mass is 330 g/mol. The van der Waals surface area contributed by atoms with E-state index in [0.717, 1.165) is 42.1 Å². The number of rotatable bonds is 6. The van der Waals surface area contributed by atoms with Crippen molar-refractivity contribution in [3.8, 4) is 5.75 Å². The summed E-state index contributed by atoms with van der Waals surface area (Å²) in [5, 5.41) is 17.3. The lowest BCUT2D eigenvalue weighted by molar-refractivity contribution is 0.0371. The Morgan fingerprint density at radius 1 is 1.38 bits per heavy atom. The van der Waals surface area contributed by atoms with Crippen LogP contribution in [0.3, 0.4) is 0 Å². The van der Waals surface area contributed by atoms with E-state index in [1.54, 1.807) is 6.33 Å². The third-order valence-corrected chi connectivity index (χ3v) is 4.58. The van der Waals surface area contributed by atoms with E-state index >= 15 is 0 Å². The highest BCUT2D eigenvalue weighted by Gasteiger charge is 2.27. The number of benzene rings is 1. The molecule has 0 aliphatic carbocycles. The molecule has 0 spiro atoms. The Balaban J connectivity index is 1.57. The fourth-order valence-corrected chi connectivity index (χ4v) is 3.27. The van der Waals surface area contributed by atoms with Gasteiger partial charge in [0.15, 0.2) is 0 Å². The molecule has 1 aromatic carbocycles. The summed E-state index contributed by atoms with van der Waals surface area (Å²) in [7, 11) is 0. The molecule has 0 saturated carbocycles. The van der Waals surface area contributed by atoms with Crippen LogP contribution in [0.5, 0.6) is 5.75 Å². The number of aryl methyl sites for hydroxylation is 2. The van der Waals surface area contributed by atoms with Crippen LogP contribution in [0.1, 0.15) is 42.3 Å². The summed E-state index contributed by atoms with van der Waals surface area (Å²) >= 11 is 0. The minimum absolute atomic E-state index is 0.205. The smallest absolute Gasteiger partial charge is 0.141 e. The van der Waals surface area contributed by atoms with Crippen LogP contribution in [-0.4, -0.2) is 51.0 Å². The number of aliphatic hydroxyl groups excluding tert-OH is 1. The number of aliphatic hydroxyl groups is 1. The van der Waals surface area contributed by atoms with E-state index in [0.29, 0.717) is 13.2 Å². The summed E-state index contributed by atoms with van der Waals surface area (Å²) in [6, 6.07) is 6.33. The average molecular weight is 330 g/mol. The first-order valence-corrected chi connectivity index (χ1v) is 8.61. The fraction of sp³-hybridized carbons (Fsp3) is 0.556. The minimum atomic E-state index is -0.534. The second-order valence-electron chi connectivity index (χ2n) is 6.61. The Hall–Kier alpha value is -1.92. The molecule has 3 rings (SSSR count). The van der Waals surface area contributed by atoms with Gasteiger partial charge in [-0.05, 0) is 50.4 Å². The van der Waals surface area contributed by atoms with Crippen LogP contribution in [0.15, 0.2) is 24.5 Å². The topological polar surface area (TPSA) is 74.3 Å². The first kappa shape index (κ1) is 16.9. The molecule has 130 valence electrons. The predicted octanol–water partition coefficient (Wildman–Crippen LogP) is 2.39. The van der Waals surface area contributed by atoms with Crippen LogP contribution >= 0.6 is 0 Å². The summed E-state index contributed by atoms with van der Waals surface area (Å²) < 4.78 is 5.83. The van der Waals surface area contributed by atoms with Gasteiger partial charge in [0.1, 0.15) is 30.6 Å². The highest BCUT2D eigenvalue weighted by atomic mass is 16.5. The zero-order valence-electron chi connectivity index (χ0n) is 14.4. The molecule has 2 N–H and O–H groups in total. The van der Waals surface area contributed by atoms with E-state index in [1.165, 1.54) is 6.42 Å². The molecule has 1 fully saturated rings. The molecule has 1 aliphatic heterocycles. The number of piperidine rings is 1. The van der Waals surface area contributed by atoms with Crippen molar-refractivity contribution in [2.45, 2.75) is 45.3 Å². The Labute approximate surface area is 142 Å². The summed E-state index contributed by atoms with van der Waals surface area (Å²) in [4.78, 5) is 6.57. The normalized spacial score (nSPS) is 20.0. The zero-order valence-corrected chi connectivity index (χ0v) is 14.4. The summed E-state index contributed by atoms with van der Waals surface area (Å²) in [5.41, 5.74) is 2.25. The van der Waals surface area contributed by atoms with E-state index < -0.39 is 6.10 Å². The number of hydrogen-bond donors (Lipinski definition) is 2. The SMILES string of the molecule is Cc1ccc(C)c(OCC(O)CN2CCCCC2c2ncn[nH]2)c1. The minimum Gasteiger partial charge on any atom is -0.491 e. The molecule has 2 aromatic rings. The summed E-state index contributed by atoms with van der Waals surface area (Å²) in [6.45, 7) is 5.90. The van der Waals surface area contributed by atoms with Gasteiger partial charge in [-0.2, -0.15) is 5.10 Å². The van der Waals surface area contributed by atoms with Crippen molar-refractivity contribution < 1.29 is 9.84 Å². The van der Waals surface area contributed by atoms with Crippen molar-refractivity contribution in [1.82, 2.24) is 20.1 Å². The number of aromatic amines is 1. The molecule has 0 radical (unpaired) electrons. The van der Waals surface area contributed by atoms with Gasteiger partial charge in [-0.3, -0.25) is 10.00 Å². The lowest BCUT2D eigenvalue weighted by Crippen LogP contribution is -2.41. The van der Waals surface area contributed by atoms with Crippen molar-refractivity contribution in [1.29, 1.82) is 0 Å². The highest BCUT2D eigenvalue weighted by Crippen LogP contribution is 2.28. The van der Waals surface area contributed by atoms with Crippen LogP contribution in [0.2, 0.25) is 0 Å². The molecule has 1 aliphatic rings. The van der Waals surface area contributed by atoms with E-state index in [-0.39, 0.29) is 6.04 Å². The number of nitrogens with zero attached hydrogens (tertiary/aromatic N) is 3.